The Kier molecular flexibility index (Phi) is 6.31. The third-order valence-corrected chi connectivity index (χ3v) is 4.00. The fraction of sp³-hybridized carbons (Fsp3) is 0.417. The Labute approximate surface area is 123 Å². The topological polar surface area (TPSA) is 95.5 Å². The average molecular weight is 318 g/mol. The molecule has 0 atom stereocenters. The van der Waals surface area contributed by atoms with E-state index in [0.717, 1.165) is 6.26 Å². The maximum atomic E-state index is 11.3. The summed E-state index contributed by atoms with van der Waals surface area (Å²) in [5, 5.41) is 12.3. The smallest absolute Gasteiger partial charge is 0.338 e. The highest BCUT2D eigenvalue weighted by atomic mass is 32.2. The summed E-state index contributed by atoms with van der Waals surface area (Å²) in [5.74, 6) is -0.980. The van der Waals surface area contributed by atoms with Gasteiger partial charge in [0.1, 0.15) is 0 Å². The third kappa shape index (κ3) is 5.40. The number of nitrogens with one attached hydrogen (secondary N) is 2. The Morgan fingerprint density at radius 3 is 2.60 bits per heavy atom. The SMILES string of the molecule is CSc1cccc(NCCCNS(C)(=O)=O)c1C(=O)O. The van der Waals surface area contributed by atoms with Gasteiger partial charge in [0.25, 0.3) is 0 Å². The molecule has 0 fully saturated rings. The van der Waals surface area contributed by atoms with Gasteiger partial charge in [-0.1, -0.05) is 6.07 Å². The van der Waals surface area contributed by atoms with Crippen molar-refractivity contribution in [2.24, 2.45) is 0 Å². The zero-order valence-corrected chi connectivity index (χ0v) is 13.0. The first-order valence-corrected chi connectivity index (χ1v) is 9.05. The molecule has 0 heterocycles. The number of hydrogen-bond donors (Lipinski definition) is 3. The minimum absolute atomic E-state index is 0.246. The van der Waals surface area contributed by atoms with Crippen molar-refractivity contribution >= 4 is 33.4 Å². The van der Waals surface area contributed by atoms with Crippen LogP contribution in [0.4, 0.5) is 5.69 Å². The normalized spacial score (nSPS) is 11.3. The van der Waals surface area contributed by atoms with Crippen LogP contribution in [-0.2, 0) is 10.0 Å². The molecule has 20 heavy (non-hydrogen) atoms. The summed E-state index contributed by atoms with van der Waals surface area (Å²) < 4.78 is 24.1. The molecule has 0 saturated carbocycles. The number of benzene rings is 1. The second-order valence-corrected chi connectivity index (χ2v) is 6.82. The van der Waals surface area contributed by atoms with Crippen LogP contribution in [0, 0.1) is 0 Å². The van der Waals surface area contributed by atoms with E-state index < -0.39 is 16.0 Å². The Morgan fingerprint density at radius 1 is 1.35 bits per heavy atom. The molecule has 0 bridgehead atoms. The van der Waals surface area contributed by atoms with E-state index in [1.165, 1.54) is 11.8 Å². The molecule has 0 aromatic heterocycles. The van der Waals surface area contributed by atoms with Gasteiger partial charge in [-0.2, -0.15) is 0 Å². The number of sulfonamides is 1. The number of anilines is 1. The van der Waals surface area contributed by atoms with Crippen LogP contribution in [0.5, 0.6) is 0 Å². The second kappa shape index (κ2) is 7.51. The van der Waals surface area contributed by atoms with Gasteiger partial charge < -0.3 is 10.4 Å². The molecule has 1 aromatic rings. The van der Waals surface area contributed by atoms with Crippen molar-refractivity contribution in [2.45, 2.75) is 11.3 Å². The van der Waals surface area contributed by atoms with E-state index in [-0.39, 0.29) is 5.56 Å². The predicted octanol–water partition coefficient (Wildman–Crippen LogP) is 1.46. The van der Waals surface area contributed by atoms with Gasteiger partial charge in [0.05, 0.1) is 11.8 Å². The lowest BCUT2D eigenvalue weighted by atomic mass is 10.1. The van der Waals surface area contributed by atoms with Crippen LogP contribution in [-0.4, -0.2) is 45.1 Å². The van der Waals surface area contributed by atoms with Crippen LogP contribution >= 0.6 is 11.8 Å². The van der Waals surface area contributed by atoms with Gasteiger partial charge in [0.2, 0.25) is 10.0 Å². The number of thioether (sulfide) groups is 1. The molecule has 0 spiro atoms. The lowest BCUT2D eigenvalue weighted by molar-refractivity contribution is 0.0694. The highest BCUT2D eigenvalue weighted by molar-refractivity contribution is 7.98. The largest absolute Gasteiger partial charge is 0.478 e. The molecule has 0 amide bonds. The first-order chi connectivity index (χ1) is 9.35. The molecule has 0 unspecified atom stereocenters. The van der Waals surface area contributed by atoms with Crippen molar-refractivity contribution in [3.05, 3.63) is 23.8 Å². The van der Waals surface area contributed by atoms with Crippen molar-refractivity contribution in [3.63, 3.8) is 0 Å². The molecule has 112 valence electrons. The van der Waals surface area contributed by atoms with E-state index in [2.05, 4.69) is 10.0 Å². The lowest BCUT2D eigenvalue weighted by Gasteiger charge is -2.12. The summed E-state index contributed by atoms with van der Waals surface area (Å²) in [7, 11) is -3.18. The summed E-state index contributed by atoms with van der Waals surface area (Å²) in [6, 6.07) is 5.24. The number of carboxylic acids is 1. The van der Waals surface area contributed by atoms with Gasteiger partial charge in [-0.15, -0.1) is 11.8 Å². The van der Waals surface area contributed by atoms with Gasteiger partial charge in [-0.25, -0.2) is 17.9 Å². The Hall–Kier alpha value is -1.25. The Morgan fingerprint density at radius 2 is 2.05 bits per heavy atom. The molecule has 0 radical (unpaired) electrons. The molecule has 0 aliphatic heterocycles. The Bertz CT molecular complexity index is 573. The van der Waals surface area contributed by atoms with Crippen LogP contribution in [0.2, 0.25) is 0 Å². The highest BCUT2D eigenvalue weighted by Gasteiger charge is 2.14. The third-order valence-electron chi connectivity index (χ3n) is 2.49. The van der Waals surface area contributed by atoms with E-state index in [1.807, 2.05) is 6.26 Å². The van der Waals surface area contributed by atoms with Crippen molar-refractivity contribution in [3.8, 4) is 0 Å². The zero-order valence-electron chi connectivity index (χ0n) is 11.3. The zero-order chi connectivity index (χ0) is 15.2. The molecule has 3 N–H and O–H groups in total. The van der Waals surface area contributed by atoms with Gasteiger partial charge in [0, 0.05) is 23.7 Å². The van der Waals surface area contributed by atoms with E-state index >= 15 is 0 Å². The maximum absolute atomic E-state index is 11.3. The van der Waals surface area contributed by atoms with Crippen LogP contribution in [0.1, 0.15) is 16.8 Å². The number of aromatic carboxylic acids is 1. The van der Waals surface area contributed by atoms with Crippen molar-refractivity contribution in [1.29, 1.82) is 0 Å². The quantitative estimate of drug-likeness (QED) is 0.496. The molecule has 1 aromatic carbocycles. The first-order valence-electron chi connectivity index (χ1n) is 5.94. The van der Waals surface area contributed by atoms with Gasteiger partial charge in [-0.3, -0.25) is 0 Å². The van der Waals surface area contributed by atoms with E-state index in [0.29, 0.717) is 30.1 Å². The lowest BCUT2D eigenvalue weighted by Crippen LogP contribution is -2.24. The summed E-state index contributed by atoms with van der Waals surface area (Å²) in [6.07, 6.45) is 3.49. The van der Waals surface area contributed by atoms with Crippen molar-refractivity contribution < 1.29 is 18.3 Å². The first kappa shape index (κ1) is 16.8. The van der Waals surface area contributed by atoms with Gasteiger partial charge in [0.15, 0.2) is 0 Å². The van der Waals surface area contributed by atoms with Gasteiger partial charge in [-0.05, 0) is 24.8 Å². The number of carboxylic acid groups (broad SMARTS) is 1. The predicted molar refractivity (Wildman–Crippen MR) is 81.1 cm³/mol. The van der Waals surface area contributed by atoms with Crippen molar-refractivity contribution in [1.82, 2.24) is 4.72 Å². The van der Waals surface area contributed by atoms with Crippen LogP contribution < -0.4 is 10.0 Å². The highest BCUT2D eigenvalue weighted by Crippen LogP contribution is 2.27. The summed E-state index contributed by atoms with van der Waals surface area (Å²) in [5.41, 5.74) is 0.791. The summed E-state index contributed by atoms with van der Waals surface area (Å²) in [6.45, 7) is 0.803. The maximum Gasteiger partial charge on any atom is 0.338 e. The molecule has 6 nitrogen and oxygen atoms in total. The van der Waals surface area contributed by atoms with Crippen LogP contribution in [0.25, 0.3) is 0 Å². The van der Waals surface area contributed by atoms with Gasteiger partial charge >= 0.3 is 5.97 Å². The standard InChI is InChI=1S/C12H18N2O4S2/c1-19-10-6-3-5-9(11(10)12(15)16)13-7-4-8-14-20(2,17)18/h3,5-6,13-14H,4,7-8H2,1-2H3,(H,15,16). The van der Waals surface area contributed by atoms with E-state index in [1.54, 1.807) is 18.2 Å². The minimum atomic E-state index is -3.18. The van der Waals surface area contributed by atoms with Crippen LogP contribution in [0.3, 0.4) is 0 Å². The summed E-state index contributed by atoms with van der Waals surface area (Å²) in [4.78, 5) is 12.0. The fourth-order valence-electron chi connectivity index (χ4n) is 1.64. The number of hydrogen-bond acceptors (Lipinski definition) is 5. The van der Waals surface area contributed by atoms with E-state index in [4.69, 9.17) is 0 Å². The molecule has 0 aliphatic rings. The molecule has 0 aliphatic carbocycles. The van der Waals surface area contributed by atoms with Crippen LogP contribution in [0.15, 0.2) is 23.1 Å². The minimum Gasteiger partial charge on any atom is -0.478 e. The Balaban J connectivity index is 2.62. The number of carbonyl (C=O) groups is 1. The monoisotopic (exact) mass is 318 g/mol. The molecular weight excluding hydrogens is 300 g/mol. The second-order valence-electron chi connectivity index (χ2n) is 4.13. The molecule has 1 rings (SSSR count). The average Bonchev–Trinajstić information content (AvgIpc) is 2.36. The molecule has 8 heteroatoms. The molecular formula is C12H18N2O4S2. The summed E-state index contributed by atoms with van der Waals surface area (Å²) >= 11 is 1.37. The number of rotatable bonds is 8. The molecule has 0 saturated heterocycles. The fourth-order valence-corrected chi connectivity index (χ4v) is 2.77. The van der Waals surface area contributed by atoms with Crippen molar-refractivity contribution in [2.75, 3.05) is 30.9 Å². The van der Waals surface area contributed by atoms with E-state index in [9.17, 15) is 18.3 Å².